The third kappa shape index (κ3) is 5.17. The summed E-state index contributed by atoms with van der Waals surface area (Å²) in [6.45, 7) is 6.09. The molecule has 2 saturated heterocycles. The minimum atomic E-state index is -1.44. The van der Waals surface area contributed by atoms with Crippen molar-refractivity contribution in [2.45, 2.75) is 108 Å². The molecule has 2 heterocycles. The zero-order valence-corrected chi connectivity index (χ0v) is 22.0. The predicted molar refractivity (Wildman–Crippen MR) is 129 cm³/mol. The minimum Gasteiger partial charge on any atom is -0.481 e. The van der Waals surface area contributed by atoms with E-state index < -0.39 is 46.0 Å². The molecule has 10 heteroatoms. The van der Waals surface area contributed by atoms with Crippen LogP contribution in [0.5, 0.6) is 0 Å². The fourth-order valence-electron chi connectivity index (χ4n) is 6.66. The van der Waals surface area contributed by atoms with Gasteiger partial charge in [0, 0.05) is 36.5 Å². The first-order valence-electron chi connectivity index (χ1n) is 13.3. The van der Waals surface area contributed by atoms with E-state index in [1.165, 1.54) is 12.5 Å². The molecule has 4 aliphatic rings. The summed E-state index contributed by atoms with van der Waals surface area (Å²) < 4.78 is 23.3. The van der Waals surface area contributed by atoms with E-state index in [0.717, 1.165) is 6.42 Å². The lowest BCUT2D eigenvalue weighted by atomic mass is 9.51. The van der Waals surface area contributed by atoms with Crippen LogP contribution in [-0.4, -0.2) is 82.6 Å². The van der Waals surface area contributed by atoms with E-state index in [-0.39, 0.29) is 51.1 Å². The van der Waals surface area contributed by atoms with E-state index in [9.17, 15) is 24.6 Å². The molecule has 0 aromatic heterocycles. The standard InChI is InChI=1S/C27H40O10/c1-17-8-9-26(19(12-17)37-20-13-18(28)25(26,3)27(20)16-36-27)15-35-23(32)14-24(2,33)10-11-34-22(31)7-5-4-6-21(29)30/h12,18-20,28,33H,4-11,13-16H2,1-3H3,(H,29,30)/t18-,19-,20-,24?,25-,26-,27?/m1/s1. The first-order valence-corrected chi connectivity index (χ1v) is 13.3. The van der Waals surface area contributed by atoms with Gasteiger partial charge in [0.2, 0.25) is 0 Å². The van der Waals surface area contributed by atoms with Gasteiger partial charge < -0.3 is 34.3 Å². The Labute approximate surface area is 217 Å². The SMILES string of the molecule is CC1=C[C@H]2O[C@@H]3C[C@@H](O)[C@@](C)(C34CO4)[C@@]2(COC(=O)CC(C)(O)CCOC(=O)CCCCC(=O)O)CC1. The zero-order valence-electron chi connectivity index (χ0n) is 22.0. The number of aliphatic hydroxyl groups is 2. The van der Waals surface area contributed by atoms with E-state index in [1.807, 2.05) is 6.92 Å². The van der Waals surface area contributed by atoms with Gasteiger partial charge >= 0.3 is 17.9 Å². The first kappa shape index (κ1) is 28.0. The van der Waals surface area contributed by atoms with Crippen LogP contribution in [0.4, 0.5) is 0 Å². The van der Waals surface area contributed by atoms with Crippen molar-refractivity contribution in [3.63, 3.8) is 0 Å². The van der Waals surface area contributed by atoms with Crippen LogP contribution in [0.15, 0.2) is 11.6 Å². The molecule has 0 radical (unpaired) electrons. The Bertz CT molecular complexity index is 937. The molecule has 2 unspecified atom stereocenters. The van der Waals surface area contributed by atoms with Gasteiger partial charge in [-0.3, -0.25) is 14.4 Å². The van der Waals surface area contributed by atoms with Gasteiger partial charge in [-0.05, 0) is 39.5 Å². The number of unbranched alkanes of at least 4 members (excludes halogenated alkanes) is 1. The highest BCUT2D eigenvalue weighted by molar-refractivity contribution is 5.71. The largest absolute Gasteiger partial charge is 0.481 e. The molecular formula is C27H40O10. The molecule has 0 aromatic carbocycles. The predicted octanol–water partition coefficient (Wildman–Crippen LogP) is 2.28. The molecule has 7 atom stereocenters. The summed E-state index contributed by atoms with van der Waals surface area (Å²) in [6, 6.07) is 0. The zero-order chi connectivity index (χ0) is 27.1. The van der Waals surface area contributed by atoms with Crippen molar-refractivity contribution in [1.82, 2.24) is 0 Å². The van der Waals surface area contributed by atoms with Crippen molar-refractivity contribution in [3.05, 3.63) is 11.6 Å². The van der Waals surface area contributed by atoms with Crippen LogP contribution in [0.1, 0.15) is 78.6 Å². The van der Waals surface area contributed by atoms with Crippen molar-refractivity contribution in [2.75, 3.05) is 19.8 Å². The normalized spacial score (nSPS) is 37.3. The number of aliphatic hydroxyl groups excluding tert-OH is 1. The molecule has 37 heavy (non-hydrogen) atoms. The number of ether oxygens (including phenoxy) is 4. The lowest BCUT2D eigenvalue weighted by Gasteiger charge is -2.58. The Morgan fingerprint density at radius 2 is 1.89 bits per heavy atom. The number of epoxide rings is 1. The average molecular weight is 525 g/mol. The second kappa shape index (κ2) is 10.3. The van der Waals surface area contributed by atoms with Crippen LogP contribution in [0, 0.1) is 10.8 Å². The number of carboxylic acid groups (broad SMARTS) is 1. The molecular weight excluding hydrogens is 484 g/mol. The highest BCUT2D eigenvalue weighted by Gasteiger charge is 2.82. The highest BCUT2D eigenvalue weighted by Crippen LogP contribution is 2.71. The van der Waals surface area contributed by atoms with Crippen LogP contribution in [0.3, 0.4) is 0 Å². The van der Waals surface area contributed by atoms with Crippen LogP contribution in [-0.2, 0) is 33.3 Å². The maximum atomic E-state index is 12.8. The number of carboxylic acids is 1. The average Bonchev–Trinajstić information content (AvgIpc) is 3.59. The fraction of sp³-hybridized carbons (Fsp3) is 0.815. The van der Waals surface area contributed by atoms with E-state index in [4.69, 9.17) is 24.1 Å². The van der Waals surface area contributed by atoms with Crippen molar-refractivity contribution in [3.8, 4) is 0 Å². The summed E-state index contributed by atoms with van der Waals surface area (Å²) in [7, 11) is 0. The summed E-state index contributed by atoms with van der Waals surface area (Å²) >= 11 is 0. The highest BCUT2D eigenvalue weighted by atomic mass is 16.6. The van der Waals surface area contributed by atoms with E-state index in [2.05, 4.69) is 13.0 Å². The van der Waals surface area contributed by atoms with Crippen molar-refractivity contribution in [2.24, 2.45) is 10.8 Å². The Balaban J connectivity index is 1.31. The molecule has 0 aromatic rings. The Kier molecular flexibility index (Phi) is 7.78. The van der Waals surface area contributed by atoms with E-state index in [0.29, 0.717) is 32.3 Å². The maximum Gasteiger partial charge on any atom is 0.308 e. The second-order valence-electron chi connectivity index (χ2n) is 11.8. The molecule has 3 N–H and O–H groups in total. The molecule has 3 fully saturated rings. The first-order chi connectivity index (χ1) is 17.4. The molecule has 0 amide bonds. The number of esters is 2. The number of fused-ring (bicyclic) bond motifs is 2. The van der Waals surface area contributed by atoms with Crippen LogP contribution >= 0.6 is 0 Å². The smallest absolute Gasteiger partial charge is 0.308 e. The summed E-state index contributed by atoms with van der Waals surface area (Å²) in [4.78, 5) is 35.2. The van der Waals surface area contributed by atoms with Crippen molar-refractivity contribution in [1.29, 1.82) is 0 Å². The van der Waals surface area contributed by atoms with E-state index in [1.54, 1.807) is 0 Å². The lowest BCUT2D eigenvalue weighted by molar-refractivity contribution is -0.230. The number of allylic oxidation sites excluding steroid dienone is 1. The topological polar surface area (TPSA) is 152 Å². The number of aliphatic carboxylic acids is 1. The monoisotopic (exact) mass is 524 g/mol. The van der Waals surface area contributed by atoms with Gasteiger partial charge in [-0.2, -0.15) is 0 Å². The van der Waals surface area contributed by atoms with Gasteiger partial charge in [0.1, 0.15) is 12.2 Å². The van der Waals surface area contributed by atoms with Crippen LogP contribution < -0.4 is 0 Å². The van der Waals surface area contributed by atoms with Gasteiger partial charge in [-0.15, -0.1) is 0 Å². The minimum absolute atomic E-state index is 0.000850. The molecule has 2 aliphatic carbocycles. The Morgan fingerprint density at radius 3 is 2.57 bits per heavy atom. The lowest BCUT2D eigenvalue weighted by Crippen LogP contribution is -2.66. The number of rotatable bonds is 12. The summed E-state index contributed by atoms with van der Waals surface area (Å²) in [5.41, 5.74) is -2.07. The van der Waals surface area contributed by atoms with Gasteiger partial charge in [0.05, 0.1) is 43.5 Å². The molecule has 10 nitrogen and oxygen atoms in total. The molecule has 1 saturated carbocycles. The molecule has 2 aliphatic heterocycles. The number of carbonyl (C=O) groups excluding carboxylic acids is 2. The summed E-state index contributed by atoms with van der Waals surface area (Å²) in [5.74, 6) is -1.95. The van der Waals surface area contributed by atoms with Gasteiger partial charge in [-0.25, -0.2) is 0 Å². The van der Waals surface area contributed by atoms with Gasteiger partial charge in [0.15, 0.2) is 0 Å². The Morgan fingerprint density at radius 1 is 1.19 bits per heavy atom. The summed E-state index contributed by atoms with van der Waals surface area (Å²) in [6.07, 6.45) is 3.63. The summed E-state index contributed by atoms with van der Waals surface area (Å²) in [5, 5.41) is 30.5. The van der Waals surface area contributed by atoms with Crippen molar-refractivity contribution >= 4 is 17.9 Å². The molecule has 208 valence electrons. The van der Waals surface area contributed by atoms with E-state index >= 15 is 0 Å². The molecule has 1 spiro atoms. The fourth-order valence-corrected chi connectivity index (χ4v) is 6.66. The number of hydrogen-bond acceptors (Lipinski definition) is 9. The number of hydrogen-bond donors (Lipinski definition) is 3. The third-order valence-electron chi connectivity index (χ3n) is 9.19. The Hall–Kier alpha value is -2.01. The number of carbonyl (C=O) groups is 3. The second-order valence-corrected chi connectivity index (χ2v) is 11.8. The van der Waals surface area contributed by atoms with Crippen LogP contribution in [0.25, 0.3) is 0 Å². The quantitative estimate of drug-likeness (QED) is 0.150. The molecule has 2 bridgehead atoms. The third-order valence-corrected chi connectivity index (χ3v) is 9.19. The maximum absolute atomic E-state index is 12.8. The van der Waals surface area contributed by atoms with Gasteiger partial charge in [0.25, 0.3) is 0 Å². The molecule has 4 rings (SSSR count). The van der Waals surface area contributed by atoms with Crippen LogP contribution in [0.2, 0.25) is 0 Å². The van der Waals surface area contributed by atoms with Crippen molar-refractivity contribution < 1.29 is 48.7 Å². The van der Waals surface area contributed by atoms with Gasteiger partial charge in [-0.1, -0.05) is 18.6 Å².